The van der Waals surface area contributed by atoms with Gasteiger partial charge in [0.15, 0.2) is 0 Å². The molecule has 0 spiro atoms. The number of nitriles is 1. The Labute approximate surface area is 169 Å². The van der Waals surface area contributed by atoms with Crippen LogP contribution in [0.15, 0.2) is 0 Å². The van der Waals surface area contributed by atoms with Crippen LogP contribution in [0.2, 0.25) is 0 Å². The second-order valence-electron chi connectivity index (χ2n) is 10.5. The lowest BCUT2D eigenvalue weighted by Gasteiger charge is -2.62. The highest BCUT2D eigenvalue weighted by Crippen LogP contribution is 2.67. The summed E-state index contributed by atoms with van der Waals surface area (Å²) in [6.45, 7) is 5.64. The summed E-state index contributed by atoms with van der Waals surface area (Å²) in [7, 11) is 1.66. The smallest absolute Gasteiger partial charge is 0.0840 e. The summed E-state index contributed by atoms with van der Waals surface area (Å²) in [6, 6.07) is 2.55. The SMILES string of the molecule is COCCO[C@H]1C[C@@]2(C)[C@@H](CC[C@@H]3[C@@H]2[C@@H](O)C[C@]2(C)[C@H](C#N)CC[C@@H]32)C[C@@H]1O. The van der Waals surface area contributed by atoms with Crippen molar-refractivity contribution in [3.63, 3.8) is 0 Å². The molecule has 0 aromatic rings. The van der Waals surface area contributed by atoms with E-state index in [1.807, 2.05) is 0 Å². The predicted octanol–water partition coefficient (Wildman–Crippen LogP) is 3.14. The molecule has 0 bridgehead atoms. The van der Waals surface area contributed by atoms with E-state index in [4.69, 9.17) is 9.47 Å². The zero-order chi connectivity index (χ0) is 20.1. The van der Waals surface area contributed by atoms with Crippen molar-refractivity contribution in [3.05, 3.63) is 0 Å². The van der Waals surface area contributed by atoms with E-state index >= 15 is 0 Å². The highest BCUT2D eigenvalue weighted by molar-refractivity contribution is 5.15. The first-order valence-corrected chi connectivity index (χ1v) is 11.2. The van der Waals surface area contributed by atoms with Gasteiger partial charge in [-0.3, -0.25) is 0 Å². The Morgan fingerprint density at radius 1 is 1.00 bits per heavy atom. The molecular formula is C23H37NO4. The maximum absolute atomic E-state index is 11.4. The van der Waals surface area contributed by atoms with Crippen LogP contribution in [-0.4, -0.2) is 48.8 Å². The van der Waals surface area contributed by atoms with Gasteiger partial charge in [-0.05, 0) is 79.4 Å². The van der Waals surface area contributed by atoms with Gasteiger partial charge in [-0.15, -0.1) is 0 Å². The summed E-state index contributed by atoms with van der Waals surface area (Å²) < 4.78 is 11.1. The molecule has 4 fully saturated rings. The fourth-order valence-electron chi connectivity index (χ4n) is 8.05. The van der Waals surface area contributed by atoms with Crippen molar-refractivity contribution in [3.8, 4) is 6.07 Å². The molecule has 5 nitrogen and oxygen atoms in total. The van der Waals surface area contributed by atoms with Crippen molar-refractivity contribution < 1.29 is 19.7 Å². The first-order chi connectivity index (χ1) is 13.3. The van der Waals surface area contributed by atoms with Crippen LogP contribution in [0.1, 0.15) is 58.8 Å². The number of hydrogen-bond acceptors (Lipinski definition) is 5. The van der Waals surface area contributed by atoms with Crippen molar-refractivity contribution in [2.75, 3.05) is 20.3 Å². The number of hydrogen-bond donors (Lipinski definition) is 2. The third-order valence-corrected chi connectivity index (χ3v) is 9.37. The fraction of sp³-hybridized carbons (Fsp3) is 0.957. The van der Waals surface area contributed by atoms with Crippen LogP contribution in [0.5, 0.6) is 0 Å². The molecular weight excluding hydrogens is 354 g/mol. The lowest BCUT2D eigenvalue weighted by atomic mass is 9.43. The van der Waals surface area contributed by atoms with Crippen LogP contribution >= 0.6 is 0 Å². The molecule has 4 aliphatic rings. The monoisotopic (exact) mass is 391 g/mol. The Kier molecular flexibility index (Phi) is 5.55. The van der Waals surface area contributed by atoms with Gasteiger partial charge in [0.25, 0.3) is 0 Å². The largest absolute Gasteiger partial charge is 0.393 e. The number of rotatable bonds is 4. The summed E-state index contributed by atoms with van der Waals surface area (Å²) in [5.41, 5.74) is -0.0492. The minimum absolute atomic E-state index is 0.00857. The third kappa shape index (κ3) is 3.03. The molecule has 0 saturated heterocycles. The Balaban J connectivity index is 1.59. The van der Waals surface area contributed by atoms with Crippen molar-refractivity contribution in [1.29, 1.82) is 5.26 Å². The molecule has 0 amide bonds. The van der Waals surface area contributed by atoms with Gasteiger partial charge < -0.3 is 19.7 Å². The molecule has 0 aromatic carbocycles. The van der Waals surface area contributed by atoms with Crippen LogP contribution in [0, 0.1) is 51.8 Å². The van der Waals surface area contributed by atoms with E-state index in [0.29, 0.717) is 31.0 Å². The van der Waals surface area contributed by atoms with Crippen LogP contribution < -0.4 is 0 Å². The molecule has 4 aliphatic carbocycles. The summed E-state index contributed by atoms with van der Waals surface area (Å²) in [6.07, 6.45) is 5.73. The van der Waals surface area contributed by atoms with Crippen LogP contribution in [0.4, 0.5) is 0 Å². The van der Waals surface area contributed by atoms with Gasteiger partial charge >= 0.3 is 0 Å². The molecule has 28 heavy (non-hydrogen) atoms. The van der Waals surface area contributed by atoms with Crippen molar-refractivity contribution in [2.45, 2.75) is 77.1 Å². The van der Waals surface area contributed by atoms with Crippen molar-refractivity contribution in [2.24, 2.45) is 40.4 Å². The van der Waals surface area contributed by atoms with E-state index in [-0.39, 0.29) is 34.9 Å². The molecule has 0 unspecified atom stereocenters. The highest BCUT2D eigenvalue weighted by atomic mass is 16.5. The normalized spacial score (nSPS) is 53.0. The second kappa shape index (κ2) is 7.54. The van der Waals surface area contributed by atoms with Crippen LogP contribution in [0.3, 0.4) is 0 Å². The second-order valence-corrected chi connectivity index (χ2v) is 10.5. The number of ether oxygens (including phenoxy) is 2. The number of fused-ring (bicyclic) bond motifs is 5. The first kappa shape index (κ1) is 20.6. The topological polar surface area (TPSA) is 82.7 Å². The standard InChI is InChI=1S/C23H37NO4/c1-22-11-19(26)21-16(17(22)7-5-15(22)13-24)6-4-14-10-18(25)20(12-23(14,21)2)28-9-8-27-3/h14-21,25-26H,4-12H2,1-3H3/t14-,15-,16-,17-,18-,19-,20-,21+,22+,23-/m0/s1. The van der Waals surface area contributed by atoms with E-state index < -0.39 is 6.10 Å². The zero-order valence-electron chi connectivity index (χ0n) is 17.6. The number of aliphatic hydroxyl groups is 2. The Hall–Kier alpha value is -0.670. The molecule has 5 heteroatoms. The molecule has 4 rings (SSSR count). The molecule has 10 atom stereocenters. The first-order valence-electron chi connectivity index (χ1n) is 11.2. The van der Waals surface area contributed by atoms with Gasteiger partial charge in [-0.25, -0.2) is 0 Å². The number of methoxy groups -OCH3 is 1. The van der Waals surface area contributed by atoms with Gasteiger partial charge in [-0.2, -0.15) is 5.26 Å². The Bertz CT molecular complexity index is 620. The highest BCUT2D eigenvalue weighted by Gasteiger charge is 2.64. The van der Waals surface area contributed by atoms with E-state index in [9.17, 15) is 15.5 Å². The fourth-order valence-corrected chi connectivity index (χ4v) is 8.05. The summed E-state index contributed by atoms with van der Waals surface area (Å²) in [5.74, 6) is 1.81. The lowest BCUT2D eigenvalue weighted by molar-refractivity contribution is -0.203. The van der Waals surface area contributed by atoms with Crippen LogP contribution in [-0.2, 0) is 9.47 Å². The van der Waals surface area contributed by atoms with Crippen molar-refractivity contribution >= 4 is 0 Å². The number of aliphatic hydroxyl groups excluding tert-OH is 2. The van der Waals surface area contributed by atoms with E-state index in [2.05, 4.69) is 19.9 Å². The van der Waals surface area contributed by atoms with E-state index in [1.54, 1.807) is 7.11 Å². The molecule has 0 heterocycles. The average molecular weight is 392 g/mol. The molecule has 4 saturated carbocycles. The third-order valence-electron chi connectivity index (χ3n) is 9.37. The minimum Gasteiger partial charge on any atom is -0.393 e. The van der Waals surface area contributed by atoms with Gasteiger partial charge in [0.05, 0.1) is 43.5 Å². The average Bonchev–Trinajstić information content (AvgIpc) is 2.98. The minimum atomic E-state index is -0.424. The summed E-state index contributed by atoms with van der Waals surface area (Å²) in [4.78, 5) is 0. The molecule has 0 aliphatic heterocycles. The van der Waals surface area contributed by atoms with Gasteiger partial charge in [0, 0.05) is 7.11 Å². The predicted molar refractivity (Wildman–Crippen MR) is 105 cm³/mol. The van der Waals surface area contributed by atoms with Gasteiger partial charge in [0.1, 0.15) is 0 Å². The Morgan fingerprint density at radius 3 is 2.50 bits per heavy atom. The molecule has 2 N–H and O–H groups in total. The zero-order valence-corrected chi connectivity index (χ0v) is 17.6. The summed E-state index contributed by atoms with van der Waals surface area (Å²) >= 11 is 0. The van der Waals surface area contributed by atoms with Gasteiger partial charge in [-0.1, -0.05) is 13.8 Å². The van der Waals surface area contributed by atoms with Gasteiger partial charge in [0.2, 0.25) is 0 Å². The molecule has 158 valence electrons. The van der Waals surface area contributed by atoms with Crippen LogP contribution in [0.25, 0.3) is 0 Å². The molecule has 0 aromatic heterocycles. The van der Waals surface area contributed by atoms with E-state index in [1.165, 1.54) is 0 Å². The Morgan fingerprint density at radius 2 is 1.79 bits per heavy atom. The molecule has 0 radical (unpaired) electrons. The quantitative estimate of drug-likeness (QED) is 0.720. The summed E-state index contributed by atoms with van der Waals surface area (Å²) in [5, 5.41) is 31.7. The lowest BCUT2D eigenvalue weighted by Crippen LogP contribution is -2.61. The maximum Gasteiger partial charge on any atom is 0.0840 e. The van der Waals surface area contributed by atoms with E-state index in [0.717, 1.165) is 44.9 Å². The maximum atomic E-state index is 11.4. The van der Waals surface area contributed by atoms with Crippen molar-refractivity contribution in [1.82, 2.24) is 0 Å². The number of nitrogens with zero attached hydrogens (tertiary/aromatic N) is 1.